The second-order valence-corrected chi connectivity index (χ2v) is 25.8. The molecule has 10 heterocycles. The van der Waals surface area contributed by atoms with E-state index in [1.807, 2.05) is 6.20 Å². The van der Waals surface area contributed by atoms with Crippen LogP contribution in [-0.2, 0) is 51.0 Å². The van der Waals surface area contributed by atoms with Crippen LogP contribution in [0.5, 0.6) is 0 Å². The summed E-state index contributed by atoms with van der Waals surface area (Å²) in [4.78, 5) is 62.6. The van der Waals surface area contributed by atoms with Crippen molar-refractivity contribution in [1.29, 1.82) is 0 Å². The number of pyridine rings is 1. The number of ether oxygens (including phenoxy) is 5. The zero-order valence-corrected chi connectivity index (χ0v) is 46.1. The minimum Gasteiger partial charge on any atom is -0.464 e. The van der Waals surface area contributed by atoms with Crippen molar-refractivity contribution in [2.75, 3.05) is 90.9 Å². The van der Waals surface area contributed by atoms with Crippen LogP contribution in [0.2, 0.25) is 0 Å². The van der Waals surface area contributed by atoms with E-state index in [0.717, 1.165) is 114 Å². The second-order valence-electron chi connectivity index (χ2n) is 24.9. The fraction of sp³-hybridized carbons (Fsp3) is 0.672. The number of cyclic esters (lactones) is 1. The fourth-order valence-electron chi connectivity index (χ4n) is 13.8. The summed E-state index contributed by atoms with van der Waals surface area (Å²) in [5, 5.41) is 8.97. The van der Waals surface area contributed by atoms with Crippen LogP contribution in [0.25, 0.3) is 33.4 Å². The minimum absolute atomic E-state index is 0.0273. The van der Waals surface area contributed by atoms with Gasteiger partial charge in [-0.15, -0.1) is 11.3 Å². The van der Waals surface area contributed by atoms with Gasteiger partial charge in [-0.3, -0.25) is 34.2 Å². The number of thiazole rings is 1. The SMILES string of the molecule is CO[C@@H](C)c1ncc(N2CCN(C3CC3)CC2)cc1-c1c2c3cc(ccc3n1CCOC1CCOCC1)-c1csc(n1)[C@@H](N1CC3(COC3)C1)[C@H](NC(=O)C1[C@@H](C)[C@H]1C)C(=O)N1N[C@H](C(=O)OCC(C)(C)C2)C2CC1C2. The number of anilines is 1. The molecule has 3 aromatic heterocycles. The standard InChI is InChI=1S/C58H77N9O8S/c1-33-34(2)47(33)53(68)61-50-52(65-28-58(29-65)31-73-32-58)54-60-45(27-76-54)36-7-10-46-42(23-36)44(25-57(4,5)30-75-56(70)49-37-21-39(22-37)67(62-49)55(50)69)51(66(46)17-20-74-41-11-18-72-19-12-41)43-24-40(26-59-48(43)35(3)71-6)64-15-13-63(14-16-64)38-8-9-38/h7,10,23-24,26-27,33-35,37-39,41,47,49-50,52,62H,8-9,11-22,25,28-32H2,1-6H3,(H,61,68)/t33-,34+,35-,37?,39?,47?,49-,50-,52-/m0/s1. The maximum absolute atomic E-state index is 15.4. The Morgan fingerprint density at radius 1 is 0.961 bits per heavy atom. The van der Waals surface area contributed by atoms with Crippen LogP contribution in [0.3, 0.4) is 0 Å². The van der Waals surface area contributed by atoms with Crippen molar-refractivity contribution in [3.63, 3.8) is 0 Å². The molecule has 1 unspecified atom stereocenters. The third-order valence-corrected chi connectivity index (χ3v) is 19.9. The average Bonchev–Trinajstić information content (AvgIpc) is 4.26. The summed E-state index contributed by atoms with van der Waals surface area (Å²) in [6.45, 7) is 20.1. The molecule has 8 bridgehead atoms. The Labute approximate surface area is 450 Å². The highest BCUT2D eigenvalue weighted by atomic mass is 32.1. The molecule has 4 aromatic rings. The van der Waals surface area contributed by atoms with Crippen LogP contribution < -0.4 is 15.6 Å². The lowest BCUT2D eigenvalue weighted by molar-refractivity contribution is -0.204. The molecule has 0 radical (unpaired) electrons. The molecule has 18 heteroatoms. The van der Waals surface area contributed by atoms with E-state index in [9.17, 15) is 9.59 Å². The van der Waals surface area contributed by atoms with Crippen molar-refractivity contribution >= 4 is 45.7 Å². The van der Waals surface area contributed by atoms with Crippen molar-refractivity contribution in [2.24, 2.45) is 34.5 Å². The summed E-state index contributed by atoms with van der Waals surface area (Å²) in [5.41, 5.74) is 10.9. The molecular weight excluding hydrogens is 983 g/mol. The van der Waals surface area contributed by atoms with E-state index in [-0.39, 0.29) is 71.7 Å². The van der Waals surface area contributed by atoms with Gasteiger partial charge in [-0.05, 0) is 93.4 Å². The summed E-state index contributed by atoms with van der Waals surface area (Å²) in [6, 6.07) is 7.47. The monoisotopic (exact) mass is 1060 g/mol. The van der Waals surface area contributed by atoms with Gasteiger partial charge in [0.25, 0.3) is 5.91 Å². The number of esters is 1. The fourth-order valence-corrected chi connectivity index (χ4v) is 14.8. The van der Waals surface area contributed by atoms with Crippen LogP contribution in [0.4, 0.5) is 5.69 Å². The van der Waals surface area contributed by atoms with Crippen molar-refractivity contribution in [2.45, 2.75) is 129 Å². The Hall–Kier alpha value is -4.53. The van der Waals surface area contributed by atoms with Crippen LogP contribution >= 0.6 is 11.3 Å². The molecule has 2 amide bonds. The maximum atomic E-state index is 15.4. The Bertz CT molecular complexity index is 2850. The van der Waals surface area contributed by atoms with Gasteiger partial charge < -0.3 is 38.5 Å². The summed E-state index contributed by atoms with van der Waals surface area (Å²) < 4.78 is 33.2. The molecular formula is C58H77N9O8S. The van der Waals surface area contributed by atoms with E-state index in [2.05, 4.69) is 94.3 Å². The maximum Gasteiger partial charge on any atom is 0.325 e. The highest BCUT2D eigenvalue weighted by molar-refractivity contribution is 7.10. The van der Waals surface area contributed by atoms with Gasteiger partial charge in [0.15, 0.2) is 0 Å². The first-order valence-electron chi connectivity index (χ1n) is 28.5. The molecule has 9 fully saturated rings. The number of piperazine rings is 1. The van der Waals surface area contributed by atoms with Gasteiger partial charge in [0.1, 0.15) is 17.1 Å². The Morgan fingerprint density at radius 2 is 1.72 bits per heavy atom. The van der Waals surface area contributed by atoms with Crippen LogP contribution in [-0.4, -0.2) is 163 Å². The molecule has 7 aliphatic heterocycles. The number of aromatic nitrogens is 3. The van der Waals surface area contributed by atoms with Gasteiger partial charge in [-0.25, -0.2) is 10.4 Å². The van der Waals surface area contributed by atoms with E-state index >= 15 is 4.79 Å². The van der Waals surface area contributed by atoms with Gasteiger partial charge >= 0.3 is 5.97 Å². The normalized spacial score (nSPS) is 31.0. The highest BCUT2D eigenvalue weighted by Crippen LogP contribution is 2.49. The lowest BCUT2D eigenvalue weighted by Crippen LogP contribution is -2.73. The summed E-state index contributed by atoms with van der Waals surface area (Å²) in [7, 11) is 1.75. The lowest BCUT2D eigenvalue weighted by Gasteiger charge is -2.58. The lowest BCUT2D eigenvalue weighted by atomic mass is 9.72. The molecule has 14 rings (SSSR count). The number of nitrogens with zero attached hydrogens (tertiary/aromatic N) is 7. The van der Waals surface area contributed by atoms with E-state index in [1.165, 1.54) is 12.8 Å². The number of hydrogen-bond donors (Lipinski definition) is 2. The van der Waals surface area contributed by atoms with E-state index < -0.39 is 23.5 Å². The Kier molecular flexibility index (Phi) is 13.4. The molecule has 3 saturated carbocycles. The second kappa shape index (κ2) is 20.0. The largest absolute Gasteiger partial charge is 0.464 e. The smallest absolute Gasteiger partial charge is 0.325 e. The number of fused-ring (bicyclic) bond motifs is 4. The average molecular weight is 1060 g/mol. The number of carbonyl (C=O) groups excluding carboxylic acids is 3. The molecule has 76 heavy (non-hydrogen) atoms. The molecule has 7 atom stereocenters. The third kappa shape index (κ3) is 9.37. The predicted molar refractivity (Wildman–Crippen MR) is 288 cm³/mol. The number of hydrazine groups is 1. The quantitative estimate of drug-likeness (QED) is 0.150. The number of carbonyl (C=O) groups is 3. The van der Waals surface area contributed by atoms with Gasteiger partial charge in [0.2, 0.25) is 5.91 Å². The zero-order valence-electron chi connectivity index (χ0n) is 45.3. The van der Waals surface area contributed by atoms with E-state index in [1.54, 1.807) is 23.5 Å². The summed E-state index contributed by atoms with van der Waals surface area (Å²) >= 11 is 1.54. The number of amides is 2. The van der Waals surface area contributed by atoms with E-state index in [0.29, 0.717) is 58.8 Å². The topological polar surface area (TPSA) is 165 Å². The Morgan fingerprint density at radius 3 is 2.42 bits per heavy atom. The first-order chi connectivity index (χ1) is 36.7. The molecule has 1 aromatic carbocycles. The number of hydrogen-bond acceptors (Lipinski definition) is 15. The molecule has 17 nitrogen and oxygen atoms in total. The molecule has 1 spiro atoms. The first-order valence-corrected chi connectivity index (χ1v) is 29.3. The third-order valence-electron chi connectivity index (χ3n) is 19.0. The van der Waals surface area contributed by atoms with Gasteiger partial charge in [0, 0.05) is 122 Å². The van der Waals surface area contributed by atoms with Crippen molar-refractivity contribution < 1.29 is 38.1 Å². The Balaban J connectivity index is 0.957. The van der Waals surface area contributed by atoms with Gasteiger partial charge in [0.05, 0.1) is 73.6 Å². The number of rotatable bonds is 12. The highest BCUT2D eigenvalue weighted by Gasteiger charge is 2.58. The molecule has 6 saturated heterocycles. The van der Waals surface area contributed by atoms with Crippen LogP contribution in [0.15, 0.2) is 35.8 Å². The predicted octanol–water partition coefficient (Wildman–Crippen LogP) is 6.39. The number of likely N-dealkylation sites (tertiary alicyclic amines) is 1. The van der Waals surface area contributed by atoms with E-state index in [4.69, 9.17) is 33.7 Å². The number of benzene rings is 1. The summed E-state index contributed by atoms with van der Waals surface area (Å²) in [5.74, 6) is -0.413. The molecule has 3 aliphatic carbocycles. The number of methoxy groups -OCH3 is 1. The zero-order chi connectivity index (χ0) is 52.2. The molecule has 408 valence electrons. The van der Waals surface area contributed by atoms with Crippen LogP contribution in [0, 0.1) is 34.5 Å². The van der Waals surface area contributed by atoms with Gasteiger partial charge in [-0.2, -0.15) is 0 Å². The number of nitrogens with one attached hydrogen (secondary N) is 2. The van der Waals surface area contributed by atoms with Crippen molar-refractivity contribution in [1.82, 2.24) is 40.1 Å². The first kappa shape index (κ1) is 50.9. The molecule has 2 N–H and O–H groups in total. The molecule has 10 aliphatic rings. The van der Waals surface area contributed by atoms with Crippen LogP contribution in [0.1, 0.15) is 102 Å². The van der Waals surface area contributed by atoms with Crippen molar-refractivity contribution in [3.8, 4) is 22.5 Å². The minimum atomic E-state index is -0.951. The summed E-state index contributed by atoms with van der Waals surface area (Å²) in [6.07, 6.45) is 8.15. The van der Waals surface area contributed by atoms with Crippen molar-refractivity contribution in [3.05, 3.63) is 52.1 Å². The van der Waals surface area contributed by atoms with Gasteiger partial charge in [-0.1, -0.05) is 33.8 Å².